The number of benzene rings is 3. The second-order valence-corrected chi connectivity index (χ2v) is 9.02. The van der Waals surface area contributed by atoms with Gasteiger partial charge in [0.25, 0.3) is 5.91 Å². The van der Waals surface area contributed by atoms with Gasteiger partial charge in [0.2, 0.25) is 0 Å². The minimum absolute atomic E-state index is 0.129. The summed E-state index contributed by atoms with van der Waals surface area (Å²) >= 11 is 1.29. The summed E-state index contributed by atoms with van der Waals surface area (Å²) in [4.78, 5) is 32.0. The van der Waals surface area contributed by atoms with Crippen molar-refractivity contribution in [3.05, 3.63) is 94.4 Å². The van der Waals surface area contributed by atoms with Gasteiger partial charge in [-0.3, -0.25) is 9.69 Å². The third-order valence-electron chi connectivity index (χ3n) is 5.51. The zero-order valence-electron chi connectivity index (χ0n) is 21.0. The predicted octanol–water partition coefficient (Wildman–Crippen LogP) is 6.07. The molecule has 1 aliphatic heterocycles. The van der Waals surface area contributed by atoms with Crippen LogP contribution in [0, 0.1) is 0 Å². The maximum Gasteiger partial charge on any atom is 0.338 e. The largest absolute Gasteiger partial charge is 0.493 e. The first kappa shape index (κ1) is 26.0. The molecule has 0 bridgehead atoms. The number of thioether (sulfide) groups is 1. The number of amides is 1. The van der Waals surface area contributed by atoms with Gasteiger partial charge in [-0.2, -0.15) is 0 Å². The van der Waals surface area contributed by atoms with E-state index in [0.29, 0.717) is 52.6 Å². The van der Waals surface area contributed by atoms with Crippen molar-refractivity contribution in [2.24, 2.45) is 4.99 Å². The number of amidine groups is 1. The van der Waals surface area contributed by atoms with Crippen LogP contribution in [0.3, 0.4) is 0 Å². The van der Waals surface area contributed by atoms with Crippen molar-refractivity contribution in [1.29, 1.82) is 0 Å². The smallest absolute Gasteiger partial charge is 0.338 e. The Morgan fingerprint density at radius 3 is 2.54 bits per heavy atom. The number of nitrogens with zero attached hydrogens (tertiary/aromatic N) is 2. The first-order valence-corrected chi connectivity index (χ1v) is 12.8. The molecule has 0 atom stereocenters. The molecule has 0 unspecified atom stereocenters. The van der Waals surface area contributed by atoms with Crippen molar-refractivity contribution in [2.75, 3.05) is 20.3 Å². The molecule has 0 saturated carbocycles. The number of hydrogen-bond donors (Lipinski definition) is 0. The molecule has 1 saturated heterocycles. The summed E-state index contributed by atoms with van der Waals surface area (Å²) in [5.41, 5.74) is 2.85. The number of rotatable bonds is 9. The SMILES string of the molecule is CCOC(=O)c1cccc(N=C2SC(=Cc3ccc(OCc4ccccc4)c(OC)c3)C(=O)N2CC)c1. The van der Waals surface area contributed by atoms with E-state index < -0.39 is 5.97 Å². The molecule has 1 aliphatic rings. The van der Waals surface area contributed by atoms with Gasteiger partial charge in [-0.25, -0.2) is 9.79 Å². The highest BCUT2D eigenvalue weighted by atomic mass is 32.2. The fourth-order valence-corrected chi connectivity index (χ4v) is 4.74. The molecule has 8 heteroatoms. The number of carbonyl (C=O) groups excluding carboxylic acids is 2. The Bertz CT molecular complexity index is 1340. The van der Waals surface area contributed by atoms with Gasteiger partial charge in [0.15, 0.2) is 16.7 Å². The molecule has 37 heavy (non-hydrogen) atoms. The number of esters is 1. The van der Waals surface area contributed by atoms with Crippen molar-refractivity contribution in [2.45, 2.75) is 20.5 Å². The van der Waals surface area contributed by atoms with Crippen LogP contribution in [0.5, 0.6) is 11.5 Å². The molecule has 0 radical (unpaired) electrons. The highest BCUT2D eigenvalue weighted by Gasteiger charge is 2.32. The first-order chi connectivity index (χ1) is 18.0. The molecule has 1 fully saturated rings. The molecule has 3 aromatic rings. The van der Waals surface area contributed by atoms with Crippen LogP contribution in [0.4, 0.5) is 5.69 Å². The van der Waals surface area contributed by atoms with Gasteiger partial charge in [0, 0.05) is 6.54 Å². The lowest BCUT2D eigenvalue weighted by Gasteiger charge is -2.12. The Morgan fingerprint density at radius 1 is 1.00 bits per heavy atom. The molecule has 0 N–H and O–H groups in total. The fourth-order valence-electron chi connectivity index (χ4n) is 3.68. The van der Waals surface area contributed by atoms with Gasteiger partial charge >= 0.3 is 5.97 Å². The van der Waals surface area contributed by atoms with E-state index in [1.54, 1.807) is 43.2 Å². The van der Waals surface area contributed by atoms with Gasteiger partial charge < -0.3 is 14.2 Å². The van der Waals surface area contributed by atoms with Gasteiger partial charge in [-0.05, 0) is 73.1 Å². The Kier molecular flexibility index (Phi) is 8.64. The number of hydrogen-bond acceptors (Lipinski definition) is 7. The molecule has 3 aromatic carbocycles. The van der Waals surface area contributed by atoms with E-state index in [1.165, 1.54) is 11.8 Å². The summed E-state index contributed by atoms with van der Waals surface area (Å²) in [5, 5.41) is 0.550. The van der Waals surface area contributed by atoms with Crippen LogP contribution in [0.25, 0.3) is 6.08 Å². The molecule has 0 aromatic heterocycles. The highest BCUT2D eigenvalue weighted by molar-refractivity contribution is 8.18. The molecular formula is C29H28N2O5S. The van der Waals surface area contributed by atoms with Crippen molar-refractivity contribution >= 4 is 40.6 Å². The topological polar surface area (TPSA) is 77.4 Å². The van der Waals surface area contributed by atoms with E-state index in [-0.39, 0.29) is 5.91 Å². The summed E-state index contributed by atoms with van der Waals surface area (Å²) in [5.74, 6) is 0.671. The first-order valence-electron chi connectivity index (χ1n) is 11.9. The maximum absolute atomic E-state index is 13.1. The fraction of sp³-hybridized carbons (Fsp3) is 0.207. The van der Waals surface area contributed by atoms with Crippen LogP contribution in [-0.4, -0.2) is 42.2 Å². The molecule has 7 nitrogen and oxygen atoms in total. The second-order valence-electron chi connectivity index (χ2n) is 8.01. The van der Waals surface area contributed by atoms with Crippen LogP contribution in [-0.2, 0) is 16.1 Å². The third-order valence-corrected chi connectivity index (χ3v) is 6.52. The van der Waals surface area contributed by atoms with Gasteiger partial charge in [0.1, 0.15) is 6.61 Å². The van der Waals surface area contributed by atoms with E-state index in [1.807, 2.05) is 61.5 Å². The molecule has 1 amide bonds. The van der Waals surface area contributed by atoms with E-state index in [4.69, 9.17) is 14.2 Å². The number of methoxy groups -OCH3 is 1. The summed E-state index contributed by atoms with van der Waals surface area (Å²) in [6.45, 7) is 4.85. The predicted molar refractivity (Wildman–Crippen MR) is 146 cm³/mol. The normalized spacial score (nSPS) is 15.3. The van der Waals surface area contributed by atoms with Crippen molar-refractivity contribution < 1.29 is 23.8 Å². The van der Waals surface area contributed by atoms with Gasteiger partial charge in [-0.1, -0.05) is 42.5 Å². The standard InChI is InChI=1S/C29H28N2O5S/c1-4-31-27(32)26(37-29(31)30-23-13-9-12-22(18-23)28(33)35-5-2)17-21-14-15-24(25(16-21)34-3)36-19-20-10-7-6-8-11-20/h6-18H,4-5,19H2,1-3H3. The third kappa shape index (κ3) is 6.40. The molecule has 0 spiro atoms. The van der Waals surface area contributed by atoms with E-state index in [9.17, 15) is 9.59 Å². The Balaban J connectivity index is 1.54. The van der Waals surface area contributed by atoms with Crippen molar-refractivity contribution in [3.63, 3.8) is 0 Å². The van der Waals surface area contributed by atoms with Crippen molar-refractivity contribution in [1.82, 2.24) is 4.90 Å². The maximum atomic E-state index is 13.1. The Labute approximate surface area is 220 Å². The van der Waals surface area contributed by atoms with E-state index in [0.717, 1.165) is 11.1 Å². The minimum atomic E-state index is -0.405. The Hall–Kier alpha value is -4.04. The lowest BCUT2D eigenvalue weighted by atomic mass is 10.1. The summed E-state index contributed by atoms with van der Waals surface area (Å²) in [6.07, 6.45) is 1.82. The molecular weight excluding hydrogens is 488 g/mol. The van der Waals surface area contributed by atoms with Gasteiger partial charge in [0.05, 0.1) is 29.9 Å². The second kappa shape index (κ2) is 12.3. The highest BCUT2D eigenvalue weighted by Crippen LogP contribution is 2.36. The van der Waals surface area contributed by atoms with Crippen LogP contribution in [0.15, 0.2) is 82.7 Å². The average molecular weight is 517 g/mol. The monoisotopic (exact) mass is 516 g/mol. The lowest BCUT2D eigenvalue weighted by molar-refractivity contribution is -0.122. The zero-order chi connectivity index (χ0) is 26.2. The van der Waals surface area contributed by atoms with E-state index >= 15 is 0 Å². The average Bonchev–Trinajstić information content (AvgIpc) is 3.21. The Morgan fingerprint density at radius 2 is 1.81 bits per heavy atom. The zero-order valence-corrected chi connectivity index (χ0v) is 21.8. The lowest BCUT2D eigenvalue weighted by Crippen LogP contribution is -2.28. The van der Waals surface area contributed by atoms with Crippen molar-refractivity contribution in [3.8, 4) is 11.5 Å². The minimum Gasteiger partial charge on any atom is -0.493 e. The molecule has 1 heterocycles. The van der Waals surface area contributed by atoms with Crippen LogP contribution in [0.1, 0.15) is 35.3 Å². The summed E-state index contributed by atoms with van der Waals surface area (Å²) in [6, 6.07) is 22.3. The number of likely N-dealkylation sites (N-methyl/N-ethyl adjacent to an activating group) is 1. The van der Waals surface area contributed by atoms with Crippen LogP contribution >= 0.6 is 11.8 Å². The van der Waals surface area contributed by atoms with Crippen LogP contribution in [0.2, 0.25) is 0 Å². The number of aliphatic imine (C=N–C) groups is 1. The molecule has 0 aliphatic carbocycles. The molecule has 4 rings (SSSR count). The summed E-state index contributed by atoms with van der Waals surface area (Å²) < 4.78 is 16.6. The van der Waals surface area contributed by atoms with E-state index in [2.05, 4.69) is 4.99 Å². The van der Waals surface area contributed by atoms with Crippen LogP contribution < -0.4 is 9.47 Å². The summed E-state index contributed by atoms with van der Waals surface area (Å²) in [7, 11) is 1.59. The quantitative estimate of drug-likeness (QED) is 0.254. The van der Waals surface area contributed by atoms with Gasteiger partial charge in [-0.15, -0.1) is 0 Å². The number of carbonyl (C=O) groups is 2. The number of ether oxygens (including phenoxy) is 3. The molecule has 190 valence electrons.